The van der Waals surface area contributed by atoms with Crippen LogP contribution in [0.3, 0.4) is 0 Å². The minimum atomic E-state index is 0.637. The number of benzene rings is 2. The molecule has 0 aliphatic heterocycles. The molecule has 3 rings (SSSR count). The average molecular weight is 277 g/mol. The number of fused-ring (bicyclic) bond motifs is 1. The summed E-state index contributed by atoms with van der Waals surface area (Å²) in [5, 5.41) is 9.38. The summed E-state index contributed by atoms with van der Waals surface area (Å²) in [5.41, 5.74) is 10.4. The predicted octanol–water partition coefficient (Wildman–Crippen LogP) is 4.61. The first-order valence-electron chi connectivity index (χ1n) is 6.64. The van der Waals surface area contributed by atoms with Crippen LogP contribution in [0.5, 0.6) is 0 Å². The van der Waals surface area contributed by atoms with Crippen LogP contribution in [0.25, 0.3) is 15.9 Å². The number of aromatic nitrogens is 1. The molecular formula is C17H17N4+. The Balaban J connectivity index is 0.000000161. The highest BCUT2D eigenvalue weighted by atomic mass is 14.8. The van der Waals surface area contributed by atoms with E-state index in [0.29, 0.717) is 5.69 Å². The molecule has 0 radical (unpaired) electrons. The van der Waals surface area contributed by atoms with Crippen molar-refractivity contribution in [1.29, 1.82) is 5.39 Å². The molecule has 4 nitrogen and oxygen atoms in total. The molecule has 0 amide bonds. The van der Waals surface area contributed by atoms with Crippen LogP contribution < -0.4 is 5.73 Å². The monoisotopic (exact) mass is 277 g/mol. The summed E-state index contributed by atoms with van der Waals surface area (Å²) in [7, 11) is 0. The van der Waals surface area contributed by atoms with Gasteiger partial charge in [0.2, 0.25) is 5.39 Å². The standard InChI is InChI=1S/C10H10N2.C7H7N2/c1-7-4-5-9-8(10(7)11)3-2-6-12-9;1-6-4-2-3-5-7(6)9-8/h2-6H,11H2,1H3;2-5H,1H3/q;+1. The first kappa shape index (κ1) is 14.5. The van der Waals surface area contributed by atoms with Crippen molar-refractivity contribution in [2.24, 2.45) is 0 Å². The smallest absolute Gasteiger partial charge is 0.387 e. The third kappa shape index (κ3) is 3.34. The second-order valence-corrected chi connectivity index (χ2v) is 4.75. The number of diazo groups is 1. The van der Waals surface area contributed by atoms with Crippen LogP contribution >= 0.6 is 0 Å². The average Bonchev–Trinajstić information content (AvgIpc) is 2.52. The molecule has 0 unspecified atom stereocenters. The molecule has 3 aromatic rings. The quantitative estimate of drug-likeness (QED) is 0.482. The number of nitrogen functional groups attached to an aromatic ring is 1. The van der Waals surface area contributed by atoms with Crippen LogP contribution in [0, 0.1) is 19.2 Å². The molecule has 0 saturated heterocycles. The molecule has 104 valence electrons. The summed E-state index contributed by atoms with van der Waals surface area (Å²) in [6.07, 6.45) is 1.77. The Bertz CT molecular complexity index is 803. The normalized spacial score (nSPS) is 9.57. The van der Waals surface area contributed by atoms with Gasteiger partial charge >= 0.3 is 5.69 Å². The van der Waals surface area contributed by atoms with Gasteiger partial charge in [-0.1, -0.05) is 24.3 Å². The van der Waals surface area contributed by atoms with Gasteiger partial charge in [-0.25, -0.2) is 0 Å². The number of rotatable bonds is 0. The molecule has 2 N–H and O–H groups in total. The highest BCUT2D eigenvalue weighted by molar-refractivity contribution is 5.91. The lowest BCUT2D eigenvalue weighted by Crippen LogP contribution is -1.91. The molecule has 1 aromatic heterocycles. The number of hydrogen-bond donors (Lipinski definition) is 1. The molecule has 2 aromatic carbocycles. The zero-order valence-corrected chi connectivity index (χ0v) is 12.1. The molecule has 4 heteroatoms. The maximum Gasteiger partial charge on any atom is 0.387 e. The third-order valence-electron chi connectivity index (χ3n) is 3.27. The van der Waals surface area contributed by atoms with Crippen molar-refractivity contribution in [3.05, 3.63) is 70.8 Å². The molecule has 0 aliphatic carbocycles. The van der Waals surface area contributed by atoms with E-state index in [1.165, 1.54) is 0 Å². The number of nitrogens with zero attached hydrogens (tertiary/aromatic N) is 3. The Hall–Kier alpha value is -2.93. The van der Waals surface area contributed by atoms with Crippen molar-refractivity contribution in [1.82, 2.24) is 4.98 Å². The minimum Gasteiger partial charge on any atom is -0.398 e. The predicted molar refractivity (Wildman–Crippen MR) is 86.8 cm³/mol. The molecule has 0 fully saturated rings. The number of pyridine rings is 1. The highest BCUT2D eigenvalue weighted by Gasteiger charge is 2.04. The van der Waals surface area contributed by atoms with E-state index in [0.717, 1.165) is 27.7 Å². The van der Waals surface area contributed by atoms with E-state index in [1.54, 1.807) is 12.3 Å². The van der Waals surface area contributed by atoms with Crippen molar-refractivity contribution in [2.45, 2.75) is 13.8 Å². The zero-order chi connectivity index (χ0) is 15.2. The van der Waals surface area contributed by atoms with Gasteiger partial charge in [0.05, 0.1) is 5.52 Å². The summed E-state index contributed by atoms with van der Waals surface area (Å²) in [6, 6.07) is 15.3. The molecule has 21 heavy (non-hydrogen) atoms. The summed E-state index contributed by atoms with van der Waals surface area (Å²) in [5.74, 6) is 0. The number of hydrogen-bond acceptors (Lipinski definition) is 3. The van der Waals surface area contributed by atoms with E-state index in [9.17, 15) is 0 Å². The van der Waals surface area contributed by atoms with E-state index >= 15 is 0 Å². The van der Waals surface area contributed by atoms with Gasteiger partial charge in [-0.15, -0.1) is 0 Å². The highest BCUT2D eigenvalue weighted by Crippen LogP contribution is 2.21. The van der Waals surface area contributed by atoms with Gasteiger partial charge in [0.15, 0.2) is 4.98 Å². The summed E-state index contributed by atoms with van der Waals surface area (Å²) in [6.45, 7) is 3.90. The first-order chi connectivity index (χ1) is 10.1. The second kappa shape index (κ2) is 6.49. The number of nitrogens with two attached hydrogens (primary N) is 1. The Kier molecular flexibility index (Phi) is 4.47. The van der Waals surface area contributed by atoms with Crippen LogP contribution in [-0.2, 0) is 0 Å². The fourth-order valence-electron chi connectivity index (χ4n) is 1.96. The second-order valence-electron chi connectivity index (χ2n) is 4.75. The Labute approximate surface area is 123 Å². The lowest BCUT2D eigenvalue weighted by molar-refractivity contribution is 1.39. The lowest BCUT2D eigenvalue weighted by Gasteiger charge is -2.03. The van der Waals surface area contributed by atoms with Crippen molar-refractivity contribution >= 4 is 22.3 Å². The van der Waals surface area contributed by atoms with Gasteiger partial charge in [-0.3, -0.25) is 4.98 Å². The van der Waals surface area contributed by atoms with Crippen molar-refractivity contribution in [3.8, 4) is 0 Å². The minimum absolute atomic E-state index is 0.637. The van der Waals surface area contributed by atoms with Crippen LogP contribution in [0.15, 0.2) is 54.7 Å². The maximum atomic E-state index is 8.34. The zero-order valence-electron chi connectivity index (χ0n) is 12.1. The van der Waals surface area contributed by atoms with Crippen molar-refractivity contribution in [2.75, 3.05) is 5.73 Å². The van der Waals surface area contributed by atoms with Gasteiger partial charge in [-0.2, -0.15) is 0 Å². The van der Waals surface area contributed by atoms with Crippen LogP contribution in [0.1, 0.15) is 11.1 Å². The summed E-state index contributed by atoms with van der Waals surface area (Å²) in [4.78, 5) is 7.27. The van der Waals surface area contributed by atoms with Gasteiger partial charge in [-0.05, 0) is 37.6 Å². The largest absolute Gasteiger partial charge is 0.398 e. The summed E-state index contributed by atoms with van der Waals surface area (Å²) < 4.78 is 0. The fourth-order valence-corrected chi connectivity index (χ4v) is 1.96. The SMILES string of the molecule is Cc1ccc2ncccc2c1N.Cc1ccccc1[N+]#N. The topological polar surface area (TPSA) is 67.1 Å². The Morgan fingerprint density at radius 3 is 2.38 bits per heavy atom. The Morgan fingerprint density at radius 2 is 1.71 bits per heavy atom. The van der Waals surface area contributed by atoms with Crippen molar-refractivity contribution in [3.63, 3.8) is 0 Å². The van der Waals surface area contributed by atoms with Gasteiger partial charge < -0.3 is 5.73 Å². The number of anilines is 1. The van der Waals surface area contributed by atoms with E-state index in [-0.39, 0.29) is 0 Å². The molecule has 0 atom stereocenters. The van der Waals surface area contributed by atoms with E-state index < -0.39 is 0 Å². The van der Waals surface area contributed by atoms with E-state index in [2.05, 4.69) is 9.96 Å². The van der Waals surface area contributed by atoms with Gasteiger partial charge in [0.25, 0.3) is 0 Å². The third-order valence-corrected chi connectivity index (χ3v) is 3.27. The summed E-state index contributed by atoms with van der Waals surface area (Å²) >= 11 is 0. The lowest BCUT2D eigenvalue weighted by atomic mass is 10.1. The number of aryl methyl sites for hydroxylation is 2. The fraction of sp³-hybridized carbons (Fsp3) is 0.118. The van der Waals surface area contributed by atoms with Crippen LogP contribution in [0.4, 0.5) is 11.4 Å². The van der Waals surface area contributed by atoms with Gasteiger partial charge in [0, 0.05) is 28.9 Å². The van der Waals surface area contributed by atoms with E-state index in [1.807, 2.05) is 56.3 Å². The van der Waals surface area contributed by atoms with Gasteiger partial charge in [0.1, 0.15) is 0 Å². The molecule has 0 spiro atoms. The molecule has 1 heterocycles. The molecule has 0 aliphatic rings. The van der Waals surface area contributed by atoms with Crippen molar-refractivity contribution < 1.29 is 0 Å². The van der Waals surface area contributed by atoms with Crippen LogP contribution in [0.2, 0.25) is 0 Å². The first-order valence-corrected chi connectivity index (χ1v) is 6.64. The van der Waals surface area contributed by atoms with Crippen LogP contribution in [-0.4, -0.2) is 4.98 Å². The molecule has 0 bridgehead atoms. The maximum absolute atomic E-state index is 8.34. The molecule has 0 saturated carbocycles. The van der Waals surface area contributed by atoms with E-state index in [4.69, 9.17) is 11.1 Å². The Morgan fingerprint density at radius 1 is 0.952 bits per heavy atom. The molecular weight excluding hydrogens is 260 g/mol.